The Kier molecular flexibility index (Phi) is 3.95. The average Bonchev–Trinajstić information content (AvgIpc) is 2.36. The van der Waals surface area contributed by atoms with Gasteiger partial charge in [-0.25, -0.2) is 8.78 Å². The molecule has 0 aliphatic rings. The molecule has 5 heteroatoms. The fraction of sp³-hybridized carbons (Fsp3) is 0.0714. The molecule has 1 amide bonds. The van der Waals surface area contributed by atoms with Gasteiger partial charge in [0.15, 0.2) is 0 Å². The number of carbonyl (C=O) groups excluding carboxylic acids is 1. The van der Waals surface area contributed by atoms with Crippen molar-refractivity contribution in [1.82, 2.24) is 0 Å². The van der Waals surface area contributed by atoms with Crippen LogP contribution in [0.5, 0.6) is 0 Å². The zero-order chi connectivity index (χ0) is 14.0. The van der Waals surface area contributed by atoms with Crippen LogP contribution in [0.4, 0.5) is 14.5 Å². The number of anilines is 1. The van der Waals surface area contributed by atoms with E-state index in [1.54, 1.807) is 24.3 Å². The second-order valence-corrected chi connectivity index (χ2v) is 4.96. The Morgan fingerprint density at radius 2 is 1.89 bits per heavy atom. The molecule has 0 spiro atoms. The van der Waals surface area contributed by atoms with Gasteiger partial charge >= 0.3 is 0 Å². The van der Waals surface area contributed by atoms with E-state index >= 15 is 0 Å². The van der Waals surface area contributed by atoms with E-state index in [0.29, 0.717) is 5.56 Å². The zero-order valence-electron chi connectivity index (χ0n) is 10.0. The largest absolute Gasteiger partial charge is 0.319 e. The summed E-state index contributed by atoms with van der Waals surface area (Å²) in [4.78, 5) is 11.9. The molecule has 19 heavy (non-hydrogen) atoms. The normalized spacial score (nSPS) is 10.3. The van der Waals surface area contributed by atoms with Crippen molar-refractivity contribution in [2.75, 3.05) is 5.32 Å². The third-order valence-electron chi connectivity index (χ3n) is 2.58. The molecular formula is C14H10BrF2NO. The molecular weight excluding hydrogens is 316 g/mol. The molecule has 0 aliphatic carbocycles. The fourth-order valence-electron chi connectivity index (χ4n) is 1.57. The summed E-state index contributed by atoms with van der Waals surface area (Å²) < 4.78 is 27.7. The van der Waals surface area contributed by atoms with Crippen molar-refractivity contribution < 1.29 is 13.6 Å². The van der Waals surface area contributed by atoms with Crippen molar-refractivity contribution in [3.63, 3.8) is 0 Å². The number of nitrogens with one attached hydrogen (secondary N) is 1. The van der Waals surface area contributed by atoms with Crippen LogP contribution in [0.25, 0.3) is 0 Å². The summed E-state index contributed by atoms with van der Waals surface area (Å²) in [6, 6.07) is 8.65. The lowest BCUT2D eigenvalue weighted by atomic mass is 10.2. The van der Waals surface area contributed by atoms with Crippen molar-refractivity contribution in [2.45, 2.75) is 6.92 Å². The molecule has 0 fully saturated rings. The molecule has 2 aromatic carbocycles. The number of hydrogen-bond acceptors (Lipinski definition) is 1. The van der Waals surface area contributed by atoms with Crippen LogP contribution < -0.4 is 5.32 Å². The zero-order valence-corrected chi connectivity index (χ0v) is 11.6. The van der Waals surface area contributed by atoms with E-state index in [9.17, 15) is 13.6 Å². The van der Waals surface area contributed by atoms with Crippen molar-refractivity contribution in [3.8, 4) is 0 Å². The van der Waals surface area contributed by atoms with Gasteiger partial charge in [-0.15, -0.1) is 0 Å². The number of halogens is 3. The minimum atomic E-state index is -0.665. The van der Waals surface area contributed by atoms with E-state index in [1.165, 1.54) is 6.92 Å². The molecule has 0 unspecified atom stereocenters. The Morgan fingerprint density at radius 3 is 2.58 bits per heavy atom. The molecule has 2 nitrogen and oxygen atoms in total. The number of rotatable bonds is 2. The maximum absolute atomic E-state index is 13.6. The minimum Gasteiger partial charge on any atom is -0.319 e. The third-order valence-corrected chi connectivity index (χ3v) is 3.08. The topological polar surface area (TPSA) is 29.1 Å². The monoisotopic (exact) mass is 325 g/mol. The minimum absolute atomic E-state index is 0.173. The summed E-state index contributed by atoms with van der Waals surface area (Å²) in [5.74, 6) is -1.73. The maximum atomic E-state index is 13.6. The molecule has 0 heterocycles. The molecule has 0 radical (unpaired) electrons. The Balaban J connectivity index is 2.27. The van der Waals surface area contributed by atoms with Gasteiger partial charge < -0.3 is 5.32 Å². The highest BCUT2D eigenvalue weighted by Gasteiger charge is 2.12. The van der Waals surface area contributed by atoms with Crippen LogP contribution in [0.2, 0.25) is 0 Å². The number of amides is 1. The molecule has 1 N–H and O–H groups in total. The first-order valence-electron chi connectivity index (χ1n) is 5.50. The number of hydrogen-bond donors (Lipinski definition) is 1. The Morgan fingerprint density at radius 1 is 1.16 bits per heavy atom. The lowest BCUT2D eigenvalue weighted by Gasteiger charge is -2.08. The summed E-state index contributed by atoms with van der Waals surface area (Å²) in [6.45, 7) is 1.46. The van der Waals surface area contributed by atoms with Gasteiger partial charge in [-0.3, -0.25) is 4.79 Å². The number of carbonyl (C=O) groups is 1. The molecule has 2 rings (SSSR count). The summed E-state index contributed by atoms with van der Waals surface area (Å²) in [7, 11) is 0. The summed E-state index contributed by atoms with van der Waals surface area (Å²) in [5, 5.41) is 2.35. The van der Waals surface area contributed by atoms with Crippen LogP contribution >= 0.6 is 15.9 Å². The van der Waals surface area contributed by atoms with Crippen molar-refractivity contribution >= 4 is 27.5 Å². The van der Waals surface area contributed by atoms with E-state index in [4.69, 9.17) is 0 Å². The smallest absolute Gasteiger partial charge is 0.255 e. The lowest BCUT2D eigenvalue weighted by molar-refractivity contribution is 0.102. The number of aryl methyl sites for hydroxylation is 1. The van der Waals surface area contributed by atoms with Gasteiger partial charge in [-0.2, -0.15) is 0 Å². The molecule has 0 atom stereocenters. The van der Waals surface area contributed by atoms with Crippen LogP contribution in [-0.4, -0.2) is 5.91 Å². The third kappa shape index (κ3) is 3.17. The van der Waals surface area contributed by atoms with Gasteiger partial charge in [0.1, 0.15) is 11.6 Å². The average molecular weight is 326 g/mol. The van der Waals surface area contributed by atoms with Crippen LogP contribution in [0.15, 0.2) is 40.9 Å². The van der Waals surface area contributed by atoms with E-state index in [1.807, 2.05) is 0 Å². The Labute approximate surface area is 117 Å². The van der Waals surface area contributed by atoms with Gasteiger partial charge in [0, 0.05) is 16.1 Å². The van der Waals surface area contributed by atoms with Gasteiger partial charge in [0.05, 0.1) is 5.69 Å². The first kappa shape index (κ1) is 13.7. The van der Waals surface area contributed by atoms with Crippen LogP contribution in [0.3, 0.4) is 0 Å². The molecule has 0 aromatic heterocycles. The van der Waals surface area contributed by atoms with Crippen LogP contribution in [0.1, 0.15) is 15.9 Å². The van der Waals surface area contributed by atoms with Crippen molar-refractivity contribution in [1.29, 1.82) is 0 Å². The van der Waals surface area contributed by atoms with E-state index in [-0.39, 0.29) is 11.3 Å². The Bertz CT molecular complexity index is 643. The quantitative estimate of drug-likeness (QED) is 0.876. The van der Waals surface area contributed by atoms with Crippen LogP contribution in [0, 0.1) is 18.6 Å². The molecule has 2 aromatic rings. The highest BCUT2D eigenvalue weighted by molar-refractivity contribution is 9.10. The standard InChI is InChI=1S/C14H10BrF2NO/c1-8-5-12(17)13(7-11(8)16)18-14(19)9-3-2-4-10(15)6-9/h2-7H,1H3,(H,18,19). The SMILES string of the molecule is Cc1cc(F)c(NC(=O)c2cccc(Br)c2)cc1F. The lowest BCUT2D eigenvalue weighted by Crippen LogP contribution is -2.13. The summed E-state index contributed by atoms with van der Waals surface area (Å²) >= 11 is 3.24. The summed E-state index contributed by atoms with van der Waals surface area (Å²) in [6.07, 6.45) is 0. The summed E-state index contributed by atoms with van der Waals surface area (Å²) in [5.41, 5.74) is 0.376. The second kappa shape index (κ2) is 5.48. The van der Waals surface area contributed by atoms with Crippen LogP contribution in [-0.2, 0) is 0 Å². The van der Waals surface area contributed by atoms with Crippen molar-refractivity contribution in [3.05, 3.63) is 63.6 Å². The number of benzene rings is 2. The predicted molar refractivity (Wildman–Crippen MR) is 73.2 cm³/mol. The second-order valence-electron chi connectivity index (χ2n) is 4.05. The van der Waals surface area contributed by atoms with E-state index in [0.717, 1.165) is 16.6 Å². The molecule has 0 saturated heterocycles. The highest BCUT2D eigenvalue weighted by atomic mass is 79.9. The van der Waals surface area contributed by atoms with E-state index < -0.39 is 17.5 Å². The first-order valence-corrected chi connectivity index (χ1v) is 6.29. The highest BCUT2D eigenvalue weighted by Crippen LogP contribution is 2.20. The van der Waals surface area contributed by atoms with E-state index in [2.05, 4.69) is 21.2 Å². The van der Waals surface area contributed by atoms with Crippen molar-refractivity contribution in [2.24, 2.45) is 0 Å². The van der Waals surface area contributed by atoms with Gasteiger partial charge in [0.2, 0.25) is 0 Å². The van der Waals surface area contributed by atoms with Gasteiger partial charge in [0.25, 0.3) is 5.91 Å². The first-order chi connectivity index (χ1) is 8.97. The Hall–Kier alpha value is -1.75. The molecule has 0 bridgehead atoms. The molecule has 0 aliphatic heterocycles. The fourth-order valence-corrected chi connectivity index (χ4v) is 1.97. The predicted octanol–water partition coefficient (Wildman–Crippen LogP) is 4.29. The maximum Gasteiger partial charge on any atom is 0.255 e. The molecule has 98 valence electrons. The van der Waals surface area contributed by atoms with Gasteiger partial charge in [-0.05, 0) is 36.8 Å². The molecule has 0 saturated carbocycles. The van der Waals surface area contributed by atoms with Gasteiger partial charge in [-0.1, -0.05) is 22.0 Å².